The first-order valence-corrected chi connectivity index (χ1v) is 6.62. The van der Waals surface area contributed by atoms with Gasteiger partial charge in [-0.05, 0) is 25.1 Å². The SMILES string of the molecule is Cc1ccc(C(N)(O)c2cc(Br)ccc2Cl)cc1. The van der Waals surface area contributed by atoms with E-state index in [9.17, 15) is 5.11 Å². The average Bonchev–Trinajstić information content (AvgIpc) is 2.32. The maximum atomic E-state index is 10.5. The Bertz CT molecular complexity index is 567. The van der Waals surface area contributed by atoms with Crippen LogP contribution in [-0.4, -0.2) is 5.11 Å². The highest BCUT2D eigenvalue weighted by atomic mass is 79.9. The molecule has 0 radical (unpaired) electrons. The van der Waals surface area contributed by atoms with Gasteiger partial charge in [0.1, 0.15) is 0 Å². The van der Waals surface area contributed by atoms with Gasteiger partial charge in [0.2, 0.25) is 0 Å². The molecule has 0 bridgehead atoms. The van der Waals surface area contributed by atoms with Crippen molar-refractivity contribution in [1.29, 1.82) is 0 Å². The normalized spacial score (nSPS) is 14.3. The molecule has 0 heterocycles. The van der Waals surface area contributed by atoms with Crippen LogP contribution in [0.1, 0.15) is 16.7 Å². The van der Waals surface area contributed by atoms with Gasteiger partial charge in [-0.3, -0.25) is 5.73 Å². The molecule has 2 nitrogen and oxygen atoms in total. The molecule has 18 heavy (non-hydrogen) atoms. The molecule has 0 saturated heterocycles. The Hall–Kier alpha value is -0.870. The van der Waals surface area contributed by atoms with Crippen LogP contribution in [-0.2, 0) is 5.72 Å². The topological polar surface area (TPSA) is 46.2 Å². The molecule has 0 aliphatic carbocycles. The van der Waals surface area contributed by atoms with Gasteiger partial charge in [-0.1, -0.05) is 57.4 Å². The third-order valence-electron chi connectivity index (χ3n) is 2.83. The third-order valence-corrected chi connectivity index (χ3v) is 3.65. The summed E-state index contributed by atoms with van der Waals surface area (Å²) in [5.74, 6) is 0. The molecule has 2 aromatic rings. The highest BCUT2D eigenvalue weighted by molar-refractivity contribution is 9.10. The Balaban J connectivity index is 2.53. The summed E-state index contributed by atoms with van der Waals surface area (Å²) in [7, 11) is 0. The fourth-order valence-corrected chi connectivity index (χ4v) is 2.38. The first-order chi connectivity index (χ1) is 8.41. The summed E-state index contributed by atoms with van der Waals surface area (Å²) in [5.41, 5.74) is 6.61. The van der Waals surface area contributed by atoms with Crippen molar-refractivity contribution in [3.05, 3.63) is 68.7 Å². The van der Waals surface area contributed by atoms with Gasteiger partial charge < -0.3 is 5.11 Å². The molecule has 94 valence electrons. The lowest BCUT2D eigenvalue weighted by molar-refractivity contribution is 0.0884. The Morgan fingerprint density at radius 2 is 1.78 bits per heavy atom. The maximum absolute atomic E-state index is 10.5. The number of rotatable bonds is 2. The highest BCUT2D eigenvalue weighted by Crippen LogP contribution is 2.32. The van der Waals surface area contributed by atoms with E-state index in [0.29, 0.717) is 16.1 Å². The number of aliphatic hydroxyl groups is 1. The number of hydrogen-bond acceptors (Lipinski definition) is 2. The zero-order chi connectivity index (χ0) is 13.3. The minimum absolute atomic E-state index is 0.434. The highest BCUT2D eigenvalue weighted by Gasteiger charge is 2.28. The average molecular weight is 327 g/mol. The van der Waals surface area contributed by atoms with Crippen molar-refractivity contribution in [2.45, 2.75) is 12.6 Å². The van der Waals surface area contributed by atoms with Crippen LogP contribution in [0.5, 0.6) is 0 Å². The molecule has 0 aliphatic rings. The summed E-state index contributed by atoms with van der Waals surface area (Å²) in [5, 5.41) is 11.0. The van der Waals surface area contributed by atoms with E-state index in [2.05, 4.69) is 15.9 Å². The van der Waals surface area contributed by atoms with Gasteiger partial charge in [-0.15, -0.1) is 0 Å². The van der Waals surface area contributed by atoms with E-state index in [1.54, 1.807) is 30.3 Å². The van der Waals surface area contributed by atoms with Gasteiger partial charge in [-0.2, -0.15) is 0 Å². The molecular formula is C14H13BrClNO. The summed E-state index contributed by atoms with van der Waals surface area (Å²) in [6, 6.07) is 12.6. The van der Waals surface area contributed by atoms with Crippen LogP contribution in [0.25, 0.3) is 0 Å². The van der Waals surface area contributed by atoms with E-state index >= 15 is 0 Å². The zero-order valence-corrected chi connectivity index (χ0v) is 12.2. The molecule has 0 aliphatic heterocycles. The Kier molecular flexibility index (Phi) is 3.78. The Morgan fingerprint density at radius 1 is 1.17 bits per heavy atom. The van der Waals surface area contributed by atoms with Gasteiger partial charge in [0, 0.05) is 20.6 Å². The van der Waals surface area contributed by atoms with Crippen molar-refractivity contribution in [1.82, 2.24) is 0 Å². The predicted octanol–water partition coefficient (Wildman–Crippen LogP) is 3.56. The van der Waals surface area contributed by atoms with E-state index in [1.165, 1.54) is 0 Å². The number of halogens is 2. The fraction of sp³-hybridized carbons (Fsp3) is 0.143. The largest absolute Gasteiger partial charge is 0.368 e. The van der Waals surface area contributed by atoms with Crippen LogP contribution in [0.15, 0.2) is 46.9 Å². The van der Waals surface area contributed by atoms with Crippen molar-refractivity contribution in [3.8, 4) is 0 Å². The molecule has 0 saturated carbocycles. The Morgan fingerprint density at radius 3 is 2.39 bits per heavy atom. The molecular weight excluding hydrogens is 314 g/mol. The minimum Gasteiger partial charge on any atom is -0.368 e. The number of hydrogen-bond donors (Lipinski definition) is 2. The second kappa shape index (κ2) is 5.02. The third kappa shape index (κ3) is 2.59. The maximum Gasteiger partial charge on any atom is 0.167 e. The van der Waals surface area contributed by atoms with Crippen molar-refractivity contribution >= 4 is 27.5 Å². The molecule has 0 fully saturated rings. The van der Waals surface area contributed by atoms with Gasteiger partial charge in [0.25, 0.3) is 0 Å². The smallest absolute Gasteiger partial charge is 0.167 e. The molecule has 0 aromatic heterocycles. The molecule has 2 aromatic carbocycles. The van der Waals surface area contributed by atoms with Crippen LogP contribution in [0, 0.1) is 6.92 Å². The van der Waals surface area contributed by atoms with Crippen LogP contribution < -0.4 is 5.73 Å². The summed E-state index contributed by atoms with van der Waals surface area (Å²) in [6.45, 7) is 1.98. The predicted molar refractivity (Wildman–Crippen MR) is 77.5 cm³/mol. The first-order valence-electron chi connectivity index (χ1n) is 5.45. The molecule has 4 heteroatoms. The lowest BCUT2D eigenvalue weighted by atomic mass is 9.94. The number of nitrogens with two attached hydrogens (primary N) is 1. The van der Waals surface area contributed by atoms with Gasteiger partial charge >= 0.3 is 0 Å². The van der Waals surface area contributed by atoms with E-state index < -0.39 is 5.72 Å². The van der Waals surface area contributed by atoms with Crippen molar-refractivity contribution in [2.75, 3.05) is 0 Å². The quantitative estimate of drug-likeness (QED) is 0.829. The summed E-state index contributed by atoms with van der Waals surface area (Å²) in [4.78, 5) is 0. The van der Waals surface area contributed by atoms with Crippen LogP contribution >= 0.6 is 27.5 Å². The fourth-order valence-electron chi connectivity index (χ4n) is 1.75. The molecule has 1 atom stereocenters. The lowest BCUT2D eigenvalue weighted by Gasteiger charge is -2.25. The van der Waals surface area contributed by atoms with Crippen LogP contribution in [0.4, 0.5) is 0 Å². The van der Waals surface area contributed by atoms with E-state index in [-0.39, 0.29) is 0 Å². The second-order valence-electron chi connectivity index (χ2n) is 4.26. The van der Waals surface area contributed by atoms with E-state index in [1.807, 2.05) is 19.1 Å². The van der Waals surface area contributed by atoms with Crippen molar-refractivity contribution in [2.24, 2.45) is 5.73 Å². The van der Waals surface area contributed by atoms with Crippen molar-refractivity contribution in [3.63, 3.8) is 0 Å². The zero-order valence-electron chi connectivity index (χ0n) is 9.82. The van der Waals surface area contributed by atoms with Gasteiger partial charge in [0.15, 0.2) is 5.72 Å². The molecule has 0 spiro atoms. The van der Waals surface area contributed by atoms with Crippen LogP contribution in [0.2, 0.25) is 5.02 Å². The monoisotopic (exact) mass is 325 g/mol. The van der Waals surface area contributed by atoms with Crippen molar-refractivity contribution < 1.29 is 5.11 Å². The Labute approximate surface area is 120 Å². The van der Waals surface area contributed by atoms with Gasteiger partial charge in [-0.25, -0.2) is 0 Å². The van der Waals surface area contributed by atoms with Gasteiger partial charge in [0.05, 0.1) is 0 Å². The number of benzene rings is 2. The minimum atomic E-state index is -1.60. The number of aryl methyl sites for hydroxylation is 1. The second-order valence-corrected chi connectivity index (χ2v) is 5.58. The van der Waals surface area contributed by atoms with E-state index in [4.69, 9.17) is 17.3 Å². The lowest BCUT2D eigenvalue weighted by Crippen LogP contribution is -2.37. The molecule has 0 amide bonds. The molecule has 2 rings (SSSR count). The standard InChI is InChI=1S/C14H13BrClNO/c1-9-2-4-10(5-3-9)14(17,18)12-8-11(15)6-7-13(12)16/h2-8,18H,17H2,1H3. The van der Waals surface area contributed by atoms with E-state index in [0.717, 1.165) is 10.0 Å². The first kappa shape index (κ1) is 13.6. The molecule has 3 N–H and O–H groups in total. The van der Waals surface area contributed by atoms with Crippen LogP contribution in [0.3, 0.4) is 0 Å². The molecule has 1 unspecified atom stereocenters. The summed E-state index contributed by atoms with van der Waals surface area (Å²) < 4.78 is 0.817. The summed E-state index contributed by atoms with van der Waals surface area (Å²) >= 11 is 9.45. The summed E-state index contributed by atoms with van der Waals surface area (Å²) in [6.07, 6.45) is 0.